The minimum absolute atomic E-state index is 0.0957. The molecule has 1 saturated heterocycles. The van der Waals surface area contributed by atoms with Gasteiger partial charge in [0.25, 0.3) is 0 Å². The maximum absolute atomic E-state index is 12.4. The van der Waals surface area contributed by atoms with Crippen LogP contribution in [0.5, 0.6) is 5.75 Å². The average molecular weight is 306 g/mol. The highest BCUT2D eigenvalue weighted by Gasteiger charge is 2.28. The van der Waals surface area contributed by atoms with Crippen LogP contribution in [0, 0.1) is 0 Å². The fourth-order valence-corrected chi connectivity index (χ4v) is 2.75. The fourth-order valence-electron chi connectivity index (χ4n) is 2.75. The highest BCUT2D eigenvalue weighted by molar-refractivity contribution is 5.89. The molecular formula is C17H26N2O3. The SMILES string of the molecule is CCCCOc1cccc(NC(=O)N2CCC[C@H]2CCO)c1. The molecule has 0 radical (unpaired) electrons. The number of carbonyl (C=O) groups excluding carboxylic acids is 1. The summed E-state index contributed by atoms with van der Waals surface area (Å²) < 4.78 is 5.66. The predicted molar refractivity (Wildman–Crippen MR) is 87.3 cm³/mol. The van der Waals surface area contributed by atoms with Gasteiger partial charge in [0.15, 0.2) is 0 Å². The maximum Gasteiger partial charge on any atom is 0.322 e. The van der Waals surface area contributed by atoms with E-state index >= 15 is 0 Å². The molecule has 5 nitrogen and oxygen atoms in total. The maximum atomic E-state index is 12.4. The molecular weight excluding hydrogens is 280 g/mol. The quantitative estimate of drug-likeness (QED) is 0.760. The summed E-state index contributed by atoms with van der Waals surface area (Å²) >= 11 is 0. The average Bonchev–Trinajstić information content (AvgIpc) is 2.97. The Hall–Kier alpha value is -1.75. The topological polar surface area (TPSA) is 61.8 Å². The monoisotopic (exact) mass is 306 g/mol. The first-order valence-electron chi connectivity index (χ1n) is 8.16. The molecule has 1 heterocycles. The second kappa shape index (κ2) is 8.63. The molecule has 2 N–H and O–H groups in total. The number of hydrogen-bond donors (Lipinski definition) is 2. The Bertz CT molecular complexity index is 479. The summed E-state index contributed by atoms with van der Waals surface area (Å²) in [6.45, 7) is 3.69. The number of amides is 2. The molecule has 5 heteroatoms. The van der Waals surface area contributed by atoms with Crippen molar-refractivity contribution in [3.63, 3.8) is 0 Å². The number of aliphatic hydroxyl groups excluding tert-OH is 1. The normalized spacial score (nSPS) is 17.5. The Kier molecular flexibility index (Phi) is 6.52. The molecule has 1 aromatic rings. The molecule has 1 aliphatic heterocycles. The van der Waals surface area contributed by atoms with Gasteiger partial charge in [-0.1, -0.05) is 19.4 Å². The van der Waals surface area contributed by atoms with Gasteiger partial charge in [0.05, 0.1) is 6.61 Å². The van der Waals surface area contributed by atoms with Gasteiger partial charge in [-0.3, -0.25) is 0 Å². The zero-order chi connectivity index (χ0) is 15.8. The van der Waals surface area contributed by atoms with E-state index in [-0.39, 0.29) is 18.7 Å². The van der Waals surface area contributed by atoms with Crippen LogP contribution in [0.4, 0.5) is 10.5 Å². The third-order valence-electron chi connectivity index (χ3n) is 3.95. The molecule has 0 saturated carbocycles. The molecule has 2 rings (SSSR count). The molecule has 1 fully saturated rings. The Labute approximate surface area is 132 Å². The first-order chi connectivity index (χ1) is 10.7. The van der Waals surface area contributed by atoms with Crippen molar-refractivity contribution in [3.05, 3.63) is 24.3 Å². The number of unbranched alkanes of at least 4 members (excludes halogenated alkanes) is 1. The number of benzene rings is 1. The van der Waals surface area contributed by atoms with Crippen molar-refractivity contribution in [1.29, 1.82) is 0 Å². The van der Waals surface area contributed by atoms with Crippen LogP contribution in [-0.2, 0) is 0 Å². The number of rotatable bonds is 7. The van der Waals surface area contributed by atoms with Gasteiger partial charge in [-0.05, 0) is 37.8 Å². The third kappa shape index (κ3) is 4.63. The number of urea groups is 1. The number of ether oxygens (including phenoxy) is 1. The van der Waals surface area contributed by atoms with E-state index in [0.717, 1.165) is 43.7 Å². The molecule has 1 atom stereocenters. The first-order valence-corrected chi connectivity index (χ1v) is 8.16. The molecule has 1 aromatic carbocycles. The molecule has 0 unspecified atom stereocenters. The van der Waals surface area contributed by atoms with Crippen LogP contribution in [0.2, 0.25) is 0 Å². The van der Waals surface area contributed by atoms with E-state index in [4.69, 9.17) is 9.84 Å². The van der Waals surface area contributed by atoms with Gasteiger partial charge in [-0.2, -0.15) is 0 Å². The fraction of sp³-hybridized carbons (Fsp3) is 0.588. The van der Waals surface area contributed by atoms with Crippen LogP contribution >= 0.6 is 0 Å². The molecule has 1 aliphatic rings. The lowest BCUT2D eigenvalue weighted by atomic mass is 10.1. The molecule has 0 bridgehead atoms. The lowest BCUT2D eigenvalue weighted by molar-refractivity contribution is 0.189. The number of nitrogens with one attached hydrogen (secondary N) is 1. The van der Waals surface area contributed by atoms with Crippen molar-refractivity contribution in [2.24, 2.45) is 0 Å². The lowest BCUT2D eigenvalue weighted by Gasteiger charge is -2.24. The van der Waals surface area contributed by atoms with Crippen molar-refractivity contribution < 1.29 is 14.6 Å². The Morgan fingerprint density at radius 1 is 1.50 bits per heavy atom. The zero-order valence-electron chi connectivity index (χ0n) is 13.3. The van der Waals surface area contributed by atoms with Crippen LogP contribution in [0.3, 0.4) is 0 Å². The van der Waals surface area contributed by atoms with Gasteiger partial charge >= 0.3 is 6.03 Å². The summed E-state index contributed by atoms with van der Waals surface area (Å²) in [7, 11) is 0. The van der Waals surface area contributed by atoms with Crippen molar-refractivity contribution in [2.75, 3.05) is 25.1 Å². The van der Waals surface area contributed by atoms with E-state index < -0.39 is 0 Å². The molecule has 0 aliphatic carbocycles. The van der Waals surface area contributed by atoms with Crippen molar-refractivity contribution in [3.8, 4) is 5.75 Å². The summed E-state index contributed by atoms with van der Waals surface area (Å²) in [6.07, 6.45) is 4.73. The predicted octanol–water partition coefficient (Wildman–Crippen LogP) is 3.24. The molecule has 0 spiro atoms. The minimum Gasteiger partial charge on any atom is -0.494 e. The van der Waals surface area contributed by atoms with Crippen LogP contribution in [-0.4, -0.2) is 41.8 Å². The van der Waals surface area contributed by atoms with Gasteiger partial charge in [-0.15, -0.1) is 0 Å². The van der Waals surface area contributed by atoms with E-state index in [1.165, 1.54) is 0 Å². The third-order valence-corrected chi connectivity index (χ3v) is 3.95. The Balaban J connectivity index is 1.92. The lowest BCUT2D eigenvalue weighted by Crippen LogP contribution is -2.39. The number of likely N-dealkylation sites (tertiary alicyclic amines) is 1. The van der Waals surface area contributed by atoms with E-state index in [0.29, 0.717) is 13.0 Å². The van der Waals surface area contributed by atoms with E-state index in [1.807, 2.05) is 29.2 Å². The van der Waals surface area contributed by atoms with E-state index in [2.05, 4.69) is 12.2 Å². The van der Waals surface area contributed by atoms with E-state index in [1.54, 1.807) is 0 Å². The first kappa shape index (κ1) is 16.6. The van der Waals surface area contributed by atoms with Gasteiger partial charge in [0.2, 0.25) is 0 Å². The van der Waals surface area contributed by atoms with Gasteiger partial charge in [-0.25, -0.2) is 4.79 Å². The van der Waals surface area contributed by atoms with Crippen molar-refractivity contribution in [2.45, 2.75) is 45.1 Å². The van der Waals surface area contributed by atoms with Gasteiger partial charge in [0.1, 0.15) is 5.75 Å². The molecule has 22 heavy (non-hydrogen) atoms. The number of nitrogens with zero attached hydrogens (tertiary/aromatic N) is 1. The largest absolute Gasteiger partial charge is 0.494 e. The summed E-state index contributed by atoms with van der Waals surface area (Å²) in [5.74, 6) is 0.777. The Morgan fingerprint density at radius 3 is 3.14 bits per heavy atom. The highest BCUT2D eigenvalue weighted by Crippen LogP contribution is 2.22. The number of aliphatic hydroxyl groups is 1. The highest BCUT2D eigenvalue weighted by atomic mass is 16.5. The molecule has 122 valence electrons. The standard InChI is InChI=1S/C17H26N2O3/c1-2-3-12-22-16-8-4-6-14(13-16)18-17(21)19-10-5-7-15(19)9-11-20/h4,6,8,13,15,20H,2-3,5,7,9-12H2,1H3,(H,18,21)/t15-/m0/s1. The van der Waals surface area contributed by atoms with Crippen molar-refractivity contribution >= 4 is 11.7 Å². The minimum atomic E-state index is -0.0957. The van der Waals surface area contributed by atoms with Crippen molar-refractivity contribution in [1.82, 2.24) is 4.90 Å². The van der Waals surface area contributed by atoms with Crippen LogP contribution < -0.4 is 10.1 Å². The van der Waals surface area contributed by atoms with Gasteiger partial charge < -0.3 is 20.1 Å². The van der Waals surface area contributed by atoms with Crippen LogP contribution in [0.25, 0.3) is 0 Å². The summed E-state index contributed by atoms with van der Waals surface area (Å²) in [5, 5.41) is 12.0. The summed E-state index contributed by atoms with van der Waals surface area (Å²) in [6, 6.07) is 7.55. The van der Waals surface area contributed by atoms with Gasteiger partial charge in [0, 0.05) is 30.9 Å². The molecule has 0 aromatic heterocycles. The van der Waals surface area contributed by atoms with Crippen LogP contribution in [0.1, 0.15) is 39.0 Å². The Morgan fingerprint density at radius 2 is 2.36 bits per heavy atom. The molecule has 2 amide bonds. The second-order valence-electron chi connectivity index (χ2n) is 5.66. The van der Waals surface area contributed by atoms with E-state index in [9.17, 15) is 4.79 Å². The van der Waals surface area contributed by atoms with Crippen LogP contribution in [0.15, 0.2) is 24.3 Å². The second-order valence-corrected chi connectivity index (χ2v) is 5.66. The number of anilines is 1. The summed E-state index contributed by atoms with van der Waals surface area (Å²) in [5.41, 5.74) is 0.744. The smallest absolute Gasteiger partial charge is 0.322 e. The zero-order valence-corrected chi connectivity index (χ0v) is 13.3. The number of hydrogen-bond acceptors (Lipinski definition) is 3. The number of carbonyl (C=O) groups is 1. The summed E-state index contributed by atoms with van der Waals surface area (Å²) in [4.78, 5) is 14.2.